The molecule has 0 aliphatic heterocycles. The van der Waals surface area contributed by atoms with Crippen LogP contribution in [0.1, 0.15) is 16.8 Å². The molecule has 0 saturated carbocycles. The molecule has 2 amide bonds. The number of para-hydroxylation sites is 1. The standard InChI is InChI=1S/C12H15N3O4/c1-15(11(17)8(13)6-10(14)16)9-5-3-2-4-7(9)12(18)19/h2-5,8H,6,13H2,1H3,(H2,14,16)(H,18,19). The van der Waals surface area contributed by atoms with Crippen LogP contribution >= 0.6 is 0 Å². The van der Waals surface area contributed by atoms with Crippen molar-refractivity contribution in [3.05, 3.63) is 29.8 Å². The molecule has 1 aromatic rings. The Hall–Kier alpha value is -2.41. The Bertz CT molecular complexity index is 515. The second kappa shape index (κ2) is 5.96. The summed E-state index contributed by atoms with van der Waals surface area (Å²) in [5.41, 5.74) is 10.7. The fraction of sp³-hybridized carbons (Fsp3) is 0.250. The lowest BCUT2D eigenvalue weighted by Crippen LogP contribution is -2.44. The van der Waals surface area contributed by atoms with Crippen molar-refractivity contribution in [3.63, 3.8) is 0 Å². The second-order valence-corrected chi connectivity index (χ2v) is 4.00. The molecule has 7 heteroatoms. The number of hydrogen-bond acceptors (Lipinski definition) is 4. The third-order valence-electron chi connectivity index (χ3n) is 2.56. The molecule has 0 fully saturated rings. The van der Waals surface area contributed by atoms with Gasteiger partial charge in [0.2, 0.25) is 11.8 Å². The number of primary amides is 1. The summed E-state index contributed by atoms with van der Waals surface area (Å²) in [7, 11) is 1.39. The molecular weight excluding hydrogens is 250 g/mol. The number of nitrogens with zero attached hydrogens (tertiary/aromatic N) is 1. The topological polar surface area (TPSA) is 127 Å². The van der Waals surface area contributed by atoms with Crippen molar-refractivity contribution >= 4 is 23.5 Å². The third-order valence-corrected chi connectivity index (χ3v) is 2.56. The molecule has 0 radical (unpaired) electrons. The summed E-state index contributed by atoms with van der Waals surface area (Å²) in [6.07, 6.45) is -0.293. The molecule has 0 saturated heterocycles. The molecule has 0 aliphatic carbocycles. The average molecular weight is 265 g/mol. The Morgan fingerprint density at radius 1 is 1.32 bits per heavy atom. The van der Waals surface area contributed by atoms with Crippen LogP contribution in [0.3, 0.4) is 0 Å². The molecule has 5 N–H and O–H groups in total. The van der Waals surface area contributed by atoms with Gasteiger partial charge in [-0.05, 0) is 12.1 Å². The van der Waals surface area contributed by atoms with E-state index in [9.17, 15) is 14.4 Å². The first-order chi connectivity index (χ1) is 8.84. The average Bonchev–Trinajstić information content (AvgIpc) is 2.36. The van der Waals surface area contributed by atoms with Crippen molar-refractivity contribution in [2.45, 2.75) is 12.5 Å². The van der Waals surface area contributed by atoms with E-state index in [1.54, 1.807) is 12.1 Å². The first-order valence-corrected chi connectivity index (χ1v) is 5.48. The Kier molecular flexibility index (Phi) is 4.60. The predicted octanol–water partition coefficient (Wildman–Crippen LogP) is -0.450. The number of likely N-dealkylation sites (N-methyl/N-ethyl adjacent to an activating group) is 1. The van der Waals surface area contributed by atoms with Crippen molar-refractivity contribution in [2.75, 3.05) is 11.9 Å². The summed E-state index contributed by atoms with van der Waals surface area (Å²) >= 11 is 0. The van der Waals surface area contributed by atoms with Gasteiger partial charge in [0.25, 0.3) is 0 Å². The summed E-state index contributed by atoms with van der Waals surface area (Å²) in [4.78, 5) is 34.8. The van der Waals surface area contributed by atoms with Crippen molar-refractivity contribution in [1.82, 2.24) is 0 Å². The molecule has 0 bridgehead atoms. The first-order valence-electron chi connectivity index (χ1n) is 5.48. The van der Waals surface area contributed by atoms with Gasteiger partial charge in [-0.1, -0.05) is 12.1 Å². The number of rotatable bonds is 5. The van der Waals surface area contributed by atoms with E-state index in [0.717, 1.165) is 4.90 Å². The molecule has 1 unspecified atom stereocenters. The minimum atomic E-state index is -1.15. The van der Waals surface area contributed by atoms with Crippen LogP contribution in [0, 0.1) is 0 Å². The van der Waals surface area contributed by atoms with Crippen LogP contribution in [0.2, 0.25) is 0 Å². The molecule has 0 heterocycles. The lowest BCUT2D eigenvalue weighted by Gasteiger charge is -2.22. The Balaban J connectivity index is 3.00. The van der Waals surface area contributed by atoms with Gasteiger partial charge in [-0.15, -0.1) is 0 Å². The lowest BCUT2D eigenvalue weighted by molar-refractivity contribution is -0.124. The van der Waals surface area contributed by atoms with Gasteiger partial charge in [0.1, 0.15) is 0 Å². The number of anilines is 1. The number of carbonyl (C=O) groups is 3. The third kappa shape index (κ3) is 3.52. The van der Waals surface area contributed by atoms with Crippen molar-refractivity contribution in [2.24, 2.45) is 11.5 Å². The number of carbonyl (C=O) groups excluding carboxylic acids is 2. The largest absolute Gasteiger partial charge is 0.478 e. The molecule has 19 heavy (non-hydrogen) atoms. The number of carboxylic acids is 1. The minimum absolute atomic E-state index is 0.0235. The molecule has 0 aliphatic rings. The van der Waals surface area contributed by atoms with E-state index in [0.29, 0.717) is 0 Å². The number of carboxylic acid groups (broad SMARTS) is 1. The zero-order chi connectivity index (χ0) is 14.6. The summed E-state index contributed by atoms with van der Waals surface area (Å²) < 4.78 is 0. The number of amides is 2. The van der Waals surface area contributed by atoms with Gasteiger partial charge in [0, 0.05) is 7.05 Å². The van der Waals surface area contributed by atoms with E-state index < -0.39 is 23.8 Å². The summed E-state index contributed by atoms with van der Waals surface area (Å²) in [5.74, 6) is -2.42. The monoisotopic (exact) mass is 265 g/mol. The van der Waals surface area contributed by atoms with Gasteiger partial charge in [0.15, 0.2) is 0 Å². The smallest absolute Gasteiger partial charge is 0.337 e. The van der Waals surface area contributed by atoms with E-state index in [2.05, 4.69) is 0 Å². The molecular formula is C12H15N3O4. The SMILES string of the molecule is CN(C(=O)C(N)CC(N)=O)c1ccccc1C(=O)O. The van der Waals surface area contributed by atoms with Gasteiger partial charge in [0.05, 0.1) is 23.7 Å². The normalized spacial score (nSPS) is 11.7. The zero-order valence-electron chi connectivity index (χ0n) is 10.4. The Labute approximate surface area is 109 Å². The highest BCUT2D eigenvalue weighted by atomic mass is 16.4. The fourth-order valence-electron chi connectivity index (χ4n) is 1.62. The fourth-order valence-corrected chi connectivity index (χ4v) is 1.62. The van der Waals surface area contributed by atoms with Crippen molar-refractivity contribution < 1.29 is 19.5 Å². The van der Waals surface area contributed by atoms with E-state index in [-0.39, 0.29) is 17.7 Å². The van der Waals surface area contributed by atoms with Crippen LogP contribution in [-0.4, -0.2) is 36.0 Å². The summed E-state index contributed by atoms with van der Waals surface area (Å²) in [6, 6.07) is 4.92. The second-order valence-electron chi connectivity index (χ2n) is 4.00. The lowest BCUT2D eigenvalue weighted by atomic mass is 10.1. The maximum Gasteiger partial charge on any atom is 0.337 e. The molecule has 7 nitrogen and oxygen atoms in total. The van der Waals surface area contributed by atoms with Gasteiger partial charge in [-0.3, -0.25) is 9.59 Å². The Morgan fingerprint density at radius 3 is 2.42 bits per heavy atom. The van der Waals surface area contributed by atoms with E-state index >= 15 is 0 Å². The highest BCUT2D eigenvalue weighted by Gasteiger charge is 2.23. The number of aromatic carboxylic acids is 1. The Morgan fingerprint density at radius 2 is 1.89 bits per heavy atom. The van der Waals surface area contributed by atoms with Crippen LogP contribution < -0.4 is 16.4 Å². The molecule has 1 aromatic carbocycles. The minimum Gasteiger partial charge on any atom is -0.478 e. The van der Waals surface area contributed by atoms with Gasteiger partial charge in [-0.25, -0.2) is 4.79 Å². The molecule has 0 spiro atoms. The predicted molar refractivity (Wildman–Crippen MR) is 68.6 cm³/mol. The van der Waals surface area contributed by atoms with E-state index in [4.69, 9.17) is 16.6 Å². The highest BCUT2D eigenvalue weighted by Crippen LogP contribution is 2.19. The maximum atomic E-state index is 12.0. The summed E-state index contributed by atoms with van der Waals surface area (Å²) in [5, 5.41) is 9.04. The van der Waals surface area contributed by atoms with Crippen LogP contribution in [0.4, 0.5) is 5.69 Å². The van der Waals surface area contributed by atoms with Gasteiger partial charge >= 0.3 is 5.97 Å². The van der Waals surface area contributed by atoms with Gasteiger partial charge in [-0.2, -0.15) is 0 Å². The van der Waals surface area contributed by atoms with Crippen molar-refractivity contribution in [1.29, 1.82) is 0 Å². The quantitative estimate of drug-likeness (QED) is 0.664. The van der Waals surface area contributed by atoms with E-state index in [1.807, 2.05) is 0 Å². The van der Waals surface area contributed by atoms with Crippen LogP contribution in [0.25, 0.3) is 0 Å². The zero-order valence-corrected chi connectivity index (χ0v) is 10.4. The number of nitrogens with two attached hydrogens (primary N) is 2. The van der Waals surface area contributed by atoms with Crippen molar-refractivity contribution in [3.8, 4) is 0 Å². The molecule has 1 atom stereocenters. The van der Waals surface area contributed by atoms with Crippen LogP contribution in [0.15, 0.2) is 24.3 Å². The van der Waals surface area contributed by atoms with E-state index in [1.165, 1.54) is 19.2 Å². The number of hydrogen-bond donors (Lipinski definition) is 3. The first kappa shape index (κ1) is 14.7. The molecule has 1 rings (SSSR count). The number of benzene rings is 1. The van der Waals surface area contributed by atoms with Crippen LogP contribution in [-0.2, 0) is 9.59 Å². The molecule has 0 aromatic heterocycles. The van der Waals surface area contributed by atoms with Gasteiger partial charge < -0.3 is 21.5 Å². The highest BCUT2D eigenvalue weighted by molar-refractivity contribution is 6.04. The van der Waals surface area contributed by atoms with Crippen LogP contribution in [0.5, 0.6) is 0 Å². The summed E-state index contributed by atoms with van der Waals surface area (Å²) in [6.45, 7) is 0. The molecule has 102 valence electrons. The maximum absolute atomic E-state index is 12.0.